The summed E-state index contributed by atoms with van der Waals surface area (Å²) in [5.74, 6) is -0.545. The van der Waals surface area contributed by atoms with Crippen LogP contribution in [-0.4, -0.2) is 18.5 Å². The van der Waals surface area contributed by atoms with Crippen LogP contribution in [0.4, 0.5) is 0 Å². The molecule has 6 heteroatoms. The van der Waals surface area contributed by atoms with Crippen LogP contribution < -0.4 is 0 Å². The van der Waals surface area contributed by atoms with Crippen molar-refractivity contribution in [3.05, 3.63) is 6.61 Å². The SMILES string of the molecule is CC(=O)O[CH-]CCCOC(=O)C(C)(C)C.[Zn+][Br]. The van der Waals surface area contributed by atoms with Crippen LogP contribution in [0, 0.1) is 12.0 Å². The fourth-order valence-electron chi connectivity index (χ4n) is 0.724. The van der Waals surface area contributed by atoms with E-state index < -0.39 is 5.41 Å². The Bertz CT molecular complexity index is 226. The molecule has 0 rings (SSSR count). The molecule has 0 saturated heterocycles. The molecule has 17 heavy (non-hydrogen) atoms. The van der Waals surface area contributed by atoms with Gasteiger partial charge < -0.3 is 9.47 Å². The molecule has 0 heterocycles. The van der Waals surface area contributed by atoms with Crippen molar-refractivity contribution in [2.75, 3.05) is 6.61 Å². The Labute approximate surface area is 120 Å². The summed E-state index contributed by atoms with van der Waals surface area (Å²) in [7, 11) is 0. The van der Waals surface area contributed by atoms with Gasteiger partial charge in [0.15, 0.2) is 0 Å². The maximum atomic E-state index is 11.3. The van der Waals surface area contributed by atoms with E-state index in [4.69, 9.17) is 4.74 Å². The molecule has 0 spiro atoms. The first-order valence-corrected chi connectivity index (χ1v) is 12.2. The monoisotopic (exact) mass is 358 g/mol. The number of hydrogen-bond donors (Lipinski definition) is 0. The van der Waals surface area contributed by atoms with Crippen LogP contribution in [0.25, 0.3) is 0 Å². The quantitative estimate of drug-likeness (QED) is 0.327. The number of esters is 2. The van der Waals surface area contributed by atoms with Crippen LogP contribution in [0.3, 0.4) is 0 Å². The van der Waals surface area contributed by atoms with Crippen LogP contribution in [0.1, 0.15) is 40.5 Å². The third-order valence-electron chi connectivity index (χ3n) is 1.56. The van der Waals surface area contributed by atoms with Crippen LogP contribution in [0.5, 0.6) is 0 Å². The summed E-state index contributed by atoms with van der Waals surface area (Å²) in [5, 5.41) is 0. The molecule has 0 amide bonds. The number of hydrogen-bond acceptors (Lipinski definition) is 4. The number of carbonyl (C=O) groups is 2. The molecule has 0 aliphatic rings. The van der Waals surface area contributed by atoms with Gasteiger partial charge in [-0.15, -0.1) is 6.42 Å². The first-order chi connectivity index (χ1) is 7.84. The average molecular weight is 361 g/mol. The van der Waals surface area contributed by atoms with E-state index in [1.54, 1.807) is 20.8 Å². The Hall–Kier alpha value is 0.0434. The van der Waals surface area contributed by atoms with Crippen molar-refractivity contribution in [1.29, 1.82) is 0 Å². The molecule has 4 nitrogen and oxygen atoms in total. The molecule has 0 atom stereocenters. The van der Waals surface area contributed by atoms with Gasteiger partial charge in [0.25, 0.3) is 5.97 Å². The van der Waals surface area contributed by atoms with Gasteiger partial charge in [-0.1, -0.05) is 0 Å². The van der Waals surface area contributed by atoms with Crippen molar-refractivity contribution < 1.29 is 35.4 Å². The molecule has 0 saturated carbocycles. The Balaban J connectivity index is 0. The molecule has 0 aromatic heterocycles. The normalized spacial score (nSPS) is 10.1. The molecule has 0 aliphatic carbocycles. The zero-order chi connectivity index (χ0) is 13.9. The summed E-state index contributed by atoms with van der Waals surface area (Å²) in [6.45, 7) is 8.54. The Morgan fingerprint density at radius 2 is 1.82 bits per heavy atom. The summed E-state index contributed by atoms with van der Waals surface area (Å²) in [4.78, 5) is 21.7. The van der Waals surface area contributed by atoms with Crippen LogP contribution >= 0.6 is 13.6 Å². The van der Waals surface area contributed by atoms with E-state index in [1.165, 1.54) is 29.9 Å². The molecular formula is C11H19BrO4Zn. The van der Waals surface area contributed by atoms with Crippen LogP contribution in [0.15, 0.2) is 0 Å². The van der Waals surface area contributed by atoms with Crippen LogP contribution in [0.2, 0.25) is 0 Å². The summed E-state index contributed by atoms with van der Waals surface area (Å²) in [6, 6.07) is 0. The van der Waals surface area contributed by atoms with E-state index in [0.29, 0.717) is 19.4 Å². The topological polar surface area (TPSA) is 52.6 Å². The van der Waals surface area contributed by atoms with E-state index in [1.807, 2.05) is 0 Å². The van der Waals surface area contributed by atoms with Crippen molar-refractivity contribution in [2.24, 2.45) is 5.41 Å². The number of halogens is 1. The average Bonchev–Trinajstić information content (AvgIpc) is 2.24. The van der Waals surface area contributed by atoms with Gasteiger partial charge in [0.1, 0.15) is 0 Å². The number of rotatable bonds is 5. The summed E-state index contributed by atoms with van der Waals surface area (Å²) >= 11 is 4.25. The number of carbonyl (C=O) groups excluding carboxylic acids is 2. The van der Waals surface area contributed by atoms with E-state index in [0.717, 1.165) is 0 Å². The molecule has 0 N–H and O–H groups in total. The first kappa shape index (κ1) is 19.4. The predicted octanol–water partition coefficient (Wildman–Crippen LogP) is 2.92. The number of ether oxygens (including phenoxy) is 2. The van der Waals surface area contributed by atoms with Gasteiger partial charge in [-0.25, -0.2) is 0 Å². The van der Waals surface area contributed by atoms with E-state index in [2.05, 4.69) is 18.4 Å². The molecule has 96 valence electrons. The molecule has 0 bridgehead atoms. The minimum absolute atomic E-state index is 0.213. The Kier molecular flexibility index (Phi) is 12.7. The van der Waals surface area contributed by atoms with Gasteiger partial charge in [-0.3, -0.25) is 9.59 Å². The summed E-state index contributed by atoms with van der Waals surface area (Å²) in [5.41, 5.74) is -0.459. The van der Waals surface area contributed by atoms with Gasteiger partial charge in [-0.05, 0) is 27.2 Å². The zero-order valence-corrected chi connectivity index (χ0v) is 15.5. The van der Waals surface area contributed by atoms with Gasteiger partial charge in [0, 0.05) is 6.92 Å². The van der Waals surface area contributed by atoms with Crippen molar-refractivity contribution in [1.82, 2.24) is 0 Å². The van der Waals surface area contributed by atoms with Gasteiger partial charge in [-0.2, -0.15) is 6.61 Å². The van der Waals surface area contributed by atoms with Gasteiger partial charge >= 0.3 is 35.9 Å². The third kappa shape index (κ3) is 14.0. The van der Waals surface area contributed by atoms with Gasteiger partial charge in [0.05, 0.1) is 12.0 Å². The summed E-state index contributed by atoms with van der Waals surface area (Å²) in [6.07, 6.45) is 1.26. The molecule has 0 unspecified atom stereocenters. The van der Waals surface area contributed by atoms with Crippen molar-refractivity contribution in [3.8, 4) is 0 Å². The predicted molar refractivity (Wildman–Crippen MR) is 64.6 cm³/mol. The molecule has 0 aliphatic heterocycles. The van der Waals surface area contributed by atoms with Crippen molar-refractivity contribution in [3.63, 3.8) is 0 Å². The van der Waals surface area contributed by atoms with E-state index in [-0.39, 0.29) is 11.9 Å². The second kappa shape index (κ2) is 11.2. The zero-order valence-electron chi connectivity index (χ0n) is 10.9. The molecule has 0 radical (unpaired) electrons. The minimum atomic E-state index is -0.459. The Morgan fingerprint density at radius 3 is 2.24 bits per heavy atom. The standard InChI is InChI=1S/C11H19O4.BrH.Zn/c1-9(12)14-7-5-6-8-15-10(13)11(2,3)4;;/h7H,5-6,8H2,1-4H3;1H;/q-1;;+2/p-1. The second-order valence-electron chi connectivity index (χ2n) is 4.30. The van der Waals surface area contributed by atoms with Crippen LogP contribution in [-0.2, 0) is 35.4 Å². The summed E-state index contributed by atoms with van der Waals surface area (Å²) < 4.78 is 9.63. The molecule has 0 fully saturated rings. The van der Waals surface area contributed by atoms with E-state index >= 15 is 0 Å². The number of unbranched alkanes of at least 4 members (excludes halogenated alkanes) is 1. The fourth-order valence-corrected chi connectivity index (χ4v) is 0.724. The first-order valence-electron chi connectivity index (χ1n) is 5.27. The van der Waals surface area contributed by atoms with E-state index in [9.17, 15) is 9.59 Å². The third-order valence-corrected chi connectivity index (χ3v) is 1.56. The molecule has 0 aromatic rings. The maximum absolute atomic E-state index is 11.3. The van der Waals surface area contributed by atoms with Crippen molar-refractivity contribution in [2.45, 2.75) is 40.5 Å². The second-order valence-corrected chi connectivity index (χ2v) is 4.30. The fraction of sp³-hybridized carbons (Fsp3) is 0.727. The Morgan fingerprint density at radius 1 is 1.29 bits per heavy atom. The molecule has 0 aromatic carbocycles. The van der Waals surface area contributed by atoms with Gasteiger partial charge in [0.2, 0.25) is 0 Å². The van der Waals surface area contributed by atoms with Crippen molar-refractivity contribution >= 4 is 25.6 Å². The molecular weight excluding hydrogens is 341 g/mol.